The number of hydrogen-bond donors (Lipinski definition) is 0. The van der Waals surface area contributed by atoms with E-state index in [0.717, 1.165) is 69.0 Å². The quantitative estimate of drug-likeness (QED) is 0.176. The van der Waals surface area contributed by atoms with Gasteiger partial charge in [-0.1, -0.05) is 158 Å². The van der Waals surface area contributed by atoms with Crippen LogP contribution in [0.2, 0.25) is 0 Å². The van der Waals surface area contributed by atoms with Crippen LogP contribution in [0.1, 0.15) is 46.8 Å². The third kappa shape index (κ3) is 5.79. The highest BCUT2D eigenvalue weighted by Crippen LogP contribution is 2.44. The molecule has 0 bridgehead atoms. The Morgan fingerprint density at radius 2 is 1.29 bits per heavy atom. The molecule has 0 saturated heterocycles. The molecule has 0 spiro atoms. The summed E-state index contributed by atoms with van der Waals surface area (Å²) in [6.07, 6.45) is 16.4. The lowest BCUT2D eigenvalue weighted by Crippen LogP contribution is -2.12. The topological polar surface area (TPSA) is 51.8 Å². The van der Waals surface area contributed by atoms with Crippen molar-refractivity contribution in [1.82, 2.24) is 15.0 Å². The van der Waals surface area contributed by atoms with Crippen LogP contribution in [0.4, 0.5) is 0 Å². The van der Waals surface area contributed by atoms with Gasteiger partial charge in [0.1, 0.15) is 11.2 Å². The van der Waals surface area contributed by atoms with Crippen molar-refractivity contribution in [1.29, 1.82) is 0 Å². The van der Waals surface area contributed by atoms with E-state index in [2.05, 4.69) is 164 Å². The fourth-order valence-corrected chi connectivity index (χ4v) is 9.34. The van der Waals surface area contributed by atoms with Gasteiger partial charge < -0.3 is 4.42 Å². The van der Waals surface area contributed by atoms with E-state index in [1.165, 1.54) is 49.7 Å². The highest BCUT2D eigenvalue weighted by Gasteiger charge is 2.27. The number of allylic oxidation sites excluding steroid dienone is 6. The van der Waals surface area contributed by atoms with E-state index in [0.29, 0.717) is 17.5 Å². The van der Waals surface area contributed by atoms with Crippen LogP contribution in [-0.2, 0) is 6.42 Å². The second-order valence-electron chi connectivity index (χ2n) is 15.8. The number of rotatable bonds is 5. The van der Waals surface area contributed by atoms with Crippen molar-refractivity contribution >= 4 is 50.4 Å². The summed E-state index contributed by atoms with van der Waals surface area (Å²) < 4.78 is 6.62. The molecule has 2 aromatic heterocycles. The van der Waals surface area contributed by atoms with Crippen molar-refractivity contribution < 1.29 is 4.42 Å². The van der Waals surface area contributed by atoms with Gasteiger partial charge in [-0.15, -0.1) is 0 Å². The molecule has 12 rings (SSSR count). The number of fused-ring (bicyclic) bond motifs is 9. The van der Waals surface area contributed by atoms with Crippen LogP contribution in [0.5, 0.6) is 0 Å². The molecular weight excluding hydrogens is 719 g/mol. The minimum absolute atomic E-state index is 0.240. The normalized spacial score (nSPS) is 15.5. The molecule has 0 fully saturated rings. The Bertz CT molecular complexity index is 3290. The maximum absolute atomic E-state index is 6.62. The molecule has 4 heteroatoms. The molecule has 3 aliphatic carbocycles. The first-order valence-electron chi connectivity index (χ1n) is 20.5. The smallest absolute Gasteiger partial charge is 0.164 e. The largest absolute Gasteiger partial charge is 0.456 e. The minimum Gasteiger partial charge on any atom is -0.456 e. The van der Waals surface area contributed by atoms with E-state index < -0.39 is 0 Å². The van der Waals surface area contributed by atoms with E-state index in [4.69, 9.17) is 19.4 Å². The lowest BCUT2D eigenvalue weighted by atomic mass is 9.77. The third-order valence-electron chi connectivity index (χ3n) is 12.4. The molecular formula is C55H37N3O. The molecule has 4 nitrogen and oxygen atoms in total. The van der Waals surface area contributed by atoms with E-state index in [1.807, 2.05) is 18.2 Å². The number of furan rings is 1. The van der Waals surface area contributed by atoms with Crippen LogP contribution < -0.4 is 0 Å². The van der Waals surface area contributed by atoms with Gasteiger partial charge in [0.25, 0.3) is 0 Å². The van der Waals surface area contributed by atoms with Crippen LogP contribution in [0.15, 0.2) is 180 Å². The average molecular weight is 756 g/mol. The molecule has 0 radical (unpaired) electrons. The highest BCUT2D eigenvalue weighted by molar-refractivity contribution is 6.12. The minimum atomic E-state index is 0.240. The maximum Gasteiger partial charge on any atom is 0.164 e. The lowest BCUT2D eigenvalue weighted by molar-refractivity contribution is 0.669. The summed E-state index contributed by atoms with van der Waals surface area (Å²) in [5.41, 5.74) is 15.9. The second-order valence-corrected chi connectivity index (χ2v) is 15.8. The van der Waals surface area contributed by atoms with Gasteiger partial charge in [-0.05, 0) is 110 Å². The number of benzene rings is 7. The van der Waals surface area contributed by atoms with Crippen molar-refractivity contribution in [2.45, 2.75) is 25.2 Å². The van der Waals surface area contributed by atoms with Crippen LogP contribution in [-0.4, -0.2) is 15.0 Å². The molecule has 1 atom stereocenters. The van der Waals surface area contributed by atoms with Gasteiger partial charge in [0.05, 0.1) is 0 Å². The Morgan fingerprint density at radius 1 is 0.525 bits per heavy atom. The zero-order chi connectivity index (χ0) is 38.9. The summed E-state index contributed by atoms with van der Waals surface area (Å²) in [6, 6.07) is 51.8. The van der Waals surface area contributed by atoms with Gasteiger partial charge in [0.15, 0.2) is 17.5 Å². The Balaban J connectivity index is 0.999. The molecule has 0 saturated carbocycles. The lowest BCUT2D eigenvalue weighted by Gasteiger charge is -2.28. The fraction of sp³-hybridized carbons (Fsp3) is 0.0727. The van der Waals surface area contributed by atoms with Gasteiger partial charge in [0.2, 0.25) is 0 Å². The first-order valence-corrected chi connectivity index (χ1v) is 20.5. The average Bonchev–Trinajstić information content (AvgIpc) is 3.69. The molecule has 0 N–H and O–H groups in total. The van der Waals surface area contributed by atoms with E-state index >= 15 is 0 Å². The fourth-order valence-electron chi connectivity index (χ4n) is 9.34. The summed E-state index contributed by atoms with van der Waals surface area (Å²) >= 11 is 0. The molecule has 0 amide bonds. The Kier molecular flexibility index (Phi) is 7.77. The molecule has 1 unspecified atom stereocenters. The number of aromatic nitrogens is 3. The molecule has 0 aliphatic heterocycles. The van der Waals surface area contributed by atoms with Crippen molar-refractivity contribution in [2.75, 3.05) is 0 Å². The second kappa shape index (κ2) is 13.6. The van der Waals surface area contributed by atoms with Crippen molar-refractivity contribution in [2.24, 2.45) is 0 Å². The summed E-state index contributed by atoms with van der Waals surface area (Å²) in [6.45, 7) is 0. The van der Waals surface area contributed by atoms with Crippen LogP contribution in [0.3, 0.4) is 0 Å². The van der Waals surface area contributed by atoms with Crippen molar-refractivity contribution in [3.05, 3.63) is 204 Å². The SMILES string of the molecule is C1=Cc2c(ccc3ccc(-c4nc(C5=CC=C6C=Cc7ccccc7C6C5)nc(-c5cccc6oc7cc(-c8ccc(-c9ccccc9)cc8)ccc7c56)n4)cc23)CC1. The Morgan fingerprint density at radius 3 is 2.20 bits per heavy atom. The van der Waals surface area contributed by atoms with E-state index in [9.17, 15) is 0 Å². The van der Waals surface area contributed by atoms with Crippen molar-refractivity contribution in [3.8, 4) is 45.0 Å². The van der Waals surface area contributed by atoms with Crippen LogP contribution >= 0.6 is 0 Å². The number of aryl methyl sites for hydroxylation is 1. The van der Waals surface area contributed by atoms with Gasteiger partial charge >= 0.3 is 0 Å². The molecule has 59 heavy (non-hydrogen) atoms. The first-order chi connectivity index (χ1) is 29.2. The Labute approximate surface area is 342 Å². The van der Waals surface area contributed by atoms with Crippen molar-refractivity contribution in [3.63, 3.8) is 0 Å². The molecule has 2 heterocycles. The molecule has 3 aliphatic rings. The summed E-state index contributed by atoms with van der Waals surface area (Å²) in [4.78, 5) is 15.9. The van der Waals surface area contributed by atoms with Gasteiger partial charge in [-0.2, -0.15) is 0 Å². The third-order valence-corrected chi connectivity index (χ3v) is 12.4. The zero-order valence-electron chi connectivity index (χ0n) is 32.3. The van der Waals surface area contributed by atoms with Gasteiger partial charge in [0, 0.05) is 27.8 Å². The molecule has 9 aromatic rings. The zero-order valence-corrected chi connectivity index (χ0v) is 32.3. The van der Waals surface area contributed by atoms with Gasteiger partial charge in [-0.25, -0.2) is 15.0 Å². The first kappa shape index (κ1) is 33.7. The number of nitrogens with zero attached hydrogens (tertiary/aromatic N) is 3. The summed E-state index contributed by atoms with van der Waals surface area (Å²) in [5.74, 6) is 2.24. The van der Waals surface area contributed by atoms with E-state index in [-0.39, 0.29) is 5.92 Å². The van der Waals surface area contributed by atoms with E-state index in [1.54, 1.807) is 0 Å². The predicted octanol–water partition coefficient (Wildman–Crippen LogP) is 14.1. The Hall–Kier alpha value is -7.43. The number of hydrogen-bond acceptors (Lipinski definition) is 4. The van der Waals surface area contributed by atoms with Crippen LogP contribution in [0, 0.1) is 0 Å². The molecule has 278 valence electrons. The maximum atomic E-state index is 6.62. The predicted molar refractivity (Wildman–Crippen MR) is 243 cm³/mol. The monoisotopic (exact) mass is 755 g/mol. The van der Waals surface area contributed by atoms with Gasteiger partial charge in [-0.3, -0.25) is 0 Å². The van der Waals surface area contributed by atoms with Crippen LogP contribution in [0.25, 0.3) is 95.5 Å². The standard InChI is InChI=1S/C55H37N3O/c1-2-9-34(10-3-1)35-17-19-36(20-18-35)41-29-30-46-51(33-41)59-50-16-8-15-47(52(46)50)55-57-53(42-27-25-39-23-21-37-11-4-6-13-44(37)48(39)31-42)56-54(58-55)43-28-26-40-24-22-38-12-5-7-14-45(38)49(40)32-43/h1-4,6-11,13-30,32-33,48H,5,12,31H2. The molecule has 7 aromatic carbocycles. The summed E-state index contributed by atoms with van der Waals surface area (Å²) in [7, 11) is 0. The highest BCUT2D eigenvalue weighted by atomic mass is 16.3. The summed E-state index contributed by atoms with van der Waals surface area (Å²) in [5, 5.41) is 4.47.